The second-order valence-corrected chi connectivity index (χ2v) is 5.09. The number of H-pyrrole nitrogens is 1. The molecule has 0 bridgehead atoms. The molecule has 18 heavy (non-hydrogen) atoms. The Balaban J connectivity index is 0.00000120. The molecule has 3 rings (SSSR count). The molecule has 1 aromatic heterocycles. The average molecular weight is 286 g/mol. The fraction of sp³-hybridized carbons (Fsp3) is 0.385. The van der Waals surface area contributed by atoms with Gasteiger partial charge in [0.2, 0.25) is 0 Å². The number of nitrogens with one attached hydrogen (secondary N) is 3. The van der Waals surface area contributed by atoms with E-state index in [1.165, 1.54) is 11.8 Å². The van der Waals surface area contributed by atoms with Crippen molar-refractivity contribution in [1.29, 1.82) is 0 Å². The van der Waals surface area contributed by atoms with E-state index in [1.807, 2.05) is 18.2 Å². The number of anilines is 1. The molecule has 1 atom stereocenters. The molecule has 0 spiro atoms. The van der Waals surface area contributed by atoms with Crippen molar-refractivity contribution in [3.63, 3.8) is 0 Å². The van der Waals surface area contributed by atoms with Crippen molar-refractivity contribution < 1.29 is 0 Å². The summed E-state index contributed by atoms with van der Waals surface area (Å²) in [6, 6.07) is 8.05. The van der Waals surface area contributed by atoms with Crippen LogP contribution in [-0.2, 0) is 0 Å². The van der Waals surface area contributed by atoms with Crippen molar-refractivity contribution in [3.8, 4) is 0 Å². The summed E-state index contributed by atoms with van der Waals surface area (Å²) in [4.78, 5) is 3.34. The molecule has 3 nitrogen and oxygen atoms in total. The minimum absolute atomic E-state index is 0. The van der Waals surface area contributed by atoms with Crippen LogP contribution in [0.15, 0.2) is 24.3 Å². The molecule has 1 aromatic carbocycles. The maximum atomic E-state index is 5.96. The third kappa shape index (κ3) is 2.91. The number of fused-ring (bicyclic) bond motifs is 1. The summed E-state index contributed by atoms with van der Waals surface area (Å²) in [5, 5.41) is 8.80. The zero-order valence-corrected chi connectivity index (χ0v) is 11.6. The van der Waals surface area contributed by atoms with Gasteiger partial charge in [0.25, 0.3) is 0 Å². The number of aromatic nitrogens is 1. The maximum Gasteiger partial charge on any atom is 0.104 e. The Hall–Kier alpha value is -0.900. The lowest BCUT2D eigenvalue weighted by Gasteiger charge is -2.09. The molecule has 1 unspecified atom stereocenters. The van der Waals surface area contributed by atoms with Crippen LogP contribution in [0.5, 0.6) is 0 Å². The topological polar surface area (TPSA) is 39.8 Å². The second kappa shape index (κ2) is 5.83. The first-order chi connectivity index (χ1) is 8.31. The van der Waals surface area contributed by atoms with Crippen molar-refractivity contribution in [3.05, 3.63) is 29.3 Å². The minimum atomic E-state index is 0. The number of benzene rings is 1. The van der Waals surface area contributed by atoms with Gasteiger partial charge >= 0.3 is 0 Å². The summed E-state index contributed by atoms with van der Waals surface area (Å²) in [5.74, 6) is 1.82. The van der Waals surface area contributed by atoms with Gasteiger partial charge in [0.15, 0.2) is 0 Å². The van der Waals surface area contributed by atoms with E-state index in [0.29, 0.717) is 0 Å². The molecule has 0 radical (unpaired) electrons. The van der Waals surface area contributed by atoms with Gasteiger partial charge in [-0.3, -0.25) is 0 Å². The van der Waals surface area contributed by atoms with Crippen LogP contribution in [0, 0.1) is 5.92 Å². The van der Waals surface area contributed by atoms with Gasteiger partial charge in [-0.1, -0.05) is 17.7 Å². The molecular weight excluding hydrogens is 269 g/mol. The highest BCUT2D eigenvalue weighted by atomic mass is 35.5. The smallest absolute Gasteiger partial charge is 0.104 e. The highest BCUT2D eigenvalue weighted by molar-refractivity contribution is 6.31. The summed E-state index contributed by atoms with van der Waals surface area (Å²) in [7, 11) is 0. The predicted octanol–water partition coefficient (Wildman–Crippen LogP) is 3.26. The summed E-state index contributed by atoms with van der Waals surface area (Å²) in [5.41, 5.74) is 1.09. The Morgan fingerprint density at radius 3 is 3.00 bits per heavy atom. The van der Waals surface area contributed by atoms with Crippen molar-refractivity contribution >= 4 is 40.7 Å². The Labute approximate surface area is 118 Å². The Morgan fingerprint density at radius 1 is 1.33 bits per heavy atom. The number of hydrogen-bond acceptors (Lipinski definition) is 2. The van der Waals surface area contributed by atoms with Gasteiger partial charge < -0.3 is 15.6 Å². The van der Waals surface area contributed by atoms with Crippen LogP contribution in [-0.4, -0.2) is 24.6 Å². The third-order valence-corrected chi connectivity index (χ3v) is 3.56. The molecule has 2 heterocycles. The fourth-order valence-electron chi connectivity index (χ4n) is 2.34. The number of rotatable bonds is 3. The normalized spacial score (nSPS) is 18.8. The fourth-order valence-corrected chi connectivity index (χ4v) is 2.51. The number of halogens is 2. The number of hydrogen-bond donors (Lipinski definition) is 3. The molecule has 0 aliphatic carbocycles. The van der Waals surface area contributed by atoms with Crippen molar-refractivity contribution in [2.75, 3.05) is 25.0 Å². The van der Waals surface area contributed by atoms with Crippen LogP contribution in [0.3, 0.4) is 0 Å². The minimum Gasteiger partial charge on any atom is -0.371 e. The van der Waals surface area contributed by atoms with Gasteiger partial charge in [-0.25, -0.2) is 0 Å². The van der Waals surface area contributed by atoms with Crippen molar-refractivity contribution in [2.24, 2.45) is 5.92 Å². The average Bonchev–Trinajstić information content (AvgIpc) is 2.94. The van der Waals surface area contributed by atoms with Gasteiger partial charge in [0, 0.05) is 22.5 Å². The molecule has 5 heteroatoms. The molecule has 0 saturated carbocycles. The van der Waals surface area contributed by atoms with E-state index in [1.54, 1.807) is 0 Å². The van der Waals surface area contributed by atoms with Gasteiger partial charge in [-0.05, 0) is 43.6 Å². The van der Waals surface area contributed by atoms with Crippen molar-refractivity contribution in [1.82, 2.24) is 10.3 Å². The Bertz CT molecular complexity index is 518. The van der Waals surface area contributed by atoms with E-state index < -0.39 is 0 Å². The highest BCUT2D eigenvalue weighted by Crippen LogP contribution is 2.22. The van der Waals surface area contributed by atoms with E-state index in [4.69, 9.17) is 11.6 Å². The lowest BCUT2D eigenvalue weighted by molar-refractivity contribution is 0.614. The SMILES string of the molecule is Cl.Clc1ccc2cc(NCC3CCNC3)[nH]c2c1. The standard InChI is InChI=1S/C13H16ClN3.ClH/c14-11-2-1-10-5-13(17-12(10)6-11)16-8-9-3-4-15-7-9;/h1-2,5-6,9,15-17H,3-4,7-8H2;1H. The van der Waals surface area contributed by atoms with Crippen LogP contribution in [0.2, 0.25) is 5.02 Å². The first kappa shape index (κ1) is 13.5. The Morgan fingerprint density at radius 2 is 2.22 bits per heavy atom. The molecular formula is C13H17Cl2N3. The van der Waals surface area contributed by atoms with Crippen LogP contribution < -0.4 is 10.6 Å². The van der Waals surface area contributed by atoms with Crippen LogP contribution in [0.25, 0.3) is 10.9 Å². The molecule has 1 fully saturated rings. The zero-order chi connectivity index (χ0) is 11.7. The molecule has 3 N–H and O–H groups in total. The maximum absolute atomic E-state index is 5.96. The molecule has 98 valence electrons. The van der Waals surface area contributed by atoms with E-state index in [2.05, 4.69) is 21.7 Å². The summed E-state index contributed by atoms with van der Waals surface area (Å²) in [6.45, 7) is 3.29. The first-order valence-electron chi connectivity index (χ1n) is 6.04. The van der Waals surface area contributed by atoms with Crippen LogP contribution >= 0.6 is 24.0 Å². The van der Waals surface area contributed by atoms with Crippen LogP contribution in [0.4, 0.5) is 5.82 Å². The van der Waals surface area contributed by atoms with E-state index in [0.717, 1.165) is 41.9 Å². The molecule has 2 aromatic rings. The van der Waals surface area contributed by atoms with E-state index >= 15 is 0 Å². The molecule has 0 amide bonds. The number of aromatic amines is 1. The van der Waals surface area contributed by atoms with Gasteiger partial charge in [-0.15, -0.1) is 12.4 Å². The first-order valence-corrected chi connectivity index (χ1v) is 6.42. The van der Waals surface area contributed by atoms with E-state index in [-0.39, 0.29) is 12.4 Å². The third-order valence-electron chi connectivity index (χ3n) is 3.33. The summed E-state index contributed by atoms with van der Waals surface area (Å²) >= 11 is 5.96. The Kier molecular flexibility index (Phi) is 4.38. The largest absolute Gasteiger partial charge is 0.371 e. The lowest BCUT2D eigenvalue weighted by atomic mass is 10.1. The summed E-state index contributed by atoms with van der Waals surface area (Å²) < 4.78 is 0. The monoisotopic (exact) mass is 285 g/mol. The van der Waals surface area contributed by atoms with E-state index in [9.17, 15) is 0 Å². The highest BCUT2D eigenvalue weighted by Gasteiger charge is 2.14. The summed E-state index contributed by atoms with van der Waals surface area (Å²) in [6.07, 6.45) is 1.26. The van der Waals surface area contributed by atoms with Crippen molar-refractivity contribution in [2.45, 2.75) is 6.42 Å². The molecule has 1 aliphatic heterocycles. The molecule has 1 aliphatic rings. The van der Waals surface area contributed by atoms with Crippen LogP contribution in [0.1, 0.15) is 6.42 Å². The quantitative estimate of drug-likeness (QED) is 0.810. The van der Waals surface area contributed by atoms with Gasteiger partial charge in [0.05, 0.1) is 0 Å². The predicted molar refractivity (Wildman–Crippen MR) is 80.0 cm³/mol. The van der Waals surface area contributed by atoms with Gasteiger partial charge in [0.1, 0.15) is 5.82 Å². The lowest BCUT2D eigenvalue weighted by Crippen LogP contribution is -2.17. The second-order valence-electron chi connectivity index (χ2n) is 4.65. The molecule has 1 saturated heterocycles. The van der Waals surface area contributed by atoms with Gasteiger partial charge in [-0.2, -0.15) is 0 Å². The zero-order valence-electron chi connectivity index (χ0n) is 10.0.